The van der Waals surface area contributed by atoms with Gasteiger partial charge in [0.25, 0.3) is 5.91 Å². The summed E-state index contributed by atoms with van der Waals surface area (Å²) in [4.78, 5) is 33.6. The third-order valence-electron chi connectivity index (χ3n) is 6.35. The van der Waals surface area contributed by atoms with E-state index in [-0.39, 0.29) is 26.7 Å². The minimum absolute atomic E-state index is 0.152. The molecule has 1 aliphatic rings. The summed E-state index contributed by atoms with van der Waals surface area (Å²) in [7, 11) is -0.262. The normalized spacial score (nSPS) is 18.2. The first-order valence-corrected chi connectivity index (χ1v) is 13.9. The van der Waals surface area contributed by atoms with Gasteiger partial charge in [0, 0.05) is 37.7 Å². The topological polar surface area (TPSA) is 84.0 Å². The highest BCUT2D eigenvalue weighted by molar-refractivity contribution is 6.57. The number of nitrogens with zero attached hydrogens (tertiary/aromatic N) is 2. The lowest BCUT2D eigenvalue weighted by Gasteiger charge is -2.30. The number of carbonyl (C=O) groups is 2. The minimum atomic E-state index is -0.271. The van der Waals surface area contributed by atoms with Gasteiger partial charge in [0.1, 0.15) is 5.69 Å². The molecule has 1 radical (unpaired) electrons. The van der Waals surface area contributed by atoms with Crippen LogP contribution >= 0.6 is 0 Å². The number of anilines is 1. The first-order valence-electron chi connectivity index (χ1n) is 11.3. The van der Waals surface area contributed by atoms with Crippen molar-refractivity contribution in [1.29, 1.82) is 0 Å². The van der Waals surface area contributed by atoms with Crippen molar-refractivity contribution in [3.05, 3.63) is 67.0 Å². The van der Waals surface area contributed by atoms with E-state index in [1.54, 1.807) is 12.3 Å². The van der Waals surface area contributed by atoms with Crippen LogP contribution in [0.1, 0.15) is 36.2 Å². The van der Waals surface area contributed by atoms with Crippen molar-refractivity contribution in [3.8, 4) is 11.4 Å². The lowest BCUT2D eigenvalue weighted by molar-refractivity contribution is -0.111. The summed E-state index contributed by atoms with van der Waals surface area (Å²) in [5, 5.41) is 7.85. The van der Waals surface area contributed by atoms with Crippen LogP contribution in [0.2, 0.25) is 18.6 Å². The van der Waals surface area contributed by atoms with Gasteiger partial charge >= 0.3 is 0 Å². The molecule has 1 saturated carbocycles. The Bertz CT molecular complexity index is 1190. The van der Waals surface area contributed by atoms with Gasteiger partial charge in [-0.25, -0.2) is 9.97 Å². The Balaban J connectivity index is 1.53. The highest BCUT2D eigenvalue weighted by Crippen LogP contribution is 2.32. The molecule has 4 rings (SSSR count). The molecule has 0 saturated heterocycles. The summed E-state index contributed by atoms with van der Waals surface area (Å²) in [5.74, 6) is 0.0506. The number of rotatable bonds is 6. The lowest BCUT2D eigenvalue weighted by Crippen LogP contribution is -2.38. The summed E-state index contributed by atoms with van der Waals surface area (Å²) in [6, 6.07) is 13.4. The van der Waals surface area contributed by atoms with Crippen LogP contribution in [0.15, 0.2) is 61.3 Å². The molecule has 0 bridgehead atoms. The van der Waals surface area contributed by atoms with E-state index in [9.17, 15) is 9.59 Å². The van der Waals surface area contributed by atoms with Gasteiger partial charge in [-0.2, -0.15) is 0 Å². The van der Waals surface area contributed by atoms with Crippen LogP contribution in [0.5, 0.6) is 0 Å². The van der Waals surface area contributed by atoms with E-state index in [2.05, 4.69) is 40.3 Å². The molecule has 0 atom stereocenters. The van der Waals surface area contributed by atoms with Gasteiger partial charge in [-0.15, -0.1) is 0 Å². The SMILES string of the molecule is C=CC(=O)Nc1cccc2ccc(-c3nccc(C(=O)NC4CCC([Si](C)C)CC4)n3)cc12. The molecule has 7 heteroatoms. The van der Waals surface area contributed by atoms with Crippen molar-refractivity contribution < 1.29 is 9.59 Å². The van der Waals surface area contributed by atoms with Crippen molar-refractivity contribution in [3.63, 3.8) is 0 Å². The van der Waals surface area contributed by atoms with Crippen molar-refractivity contribution in [2.75, 3.05) is 5.32 Å². The number of carbonyl (C=O) groups excluding carboxylic acids is 2. The van der Waals surface area contributed by atoms with Crippen LogP contribution in [0.25, 0.3) is 22.2 Å². The fourth-order valence-corrected chi connectivity index (χ4v) is 5.89. The highest BCUT2D eigenvalue weighted by Gasteiger charge is 2.25. The molecule has 0 aliphatic heterocycles. The van der Waals surface area contributed by atoms with E-state index in [0.717, 1.165) is 34.7 Å². The number of fused-ring (bicyclic) bond motifs is 1. The third-order valence-corrected chi connectivity index (χ3v) is 8.56. The van der Waals surface area contributed by atoms with Crippen LogP contribution in [-0.2, 0) is 4.79 Å². The van der Waals surface area contributed by atoms with Crippen molar-refractivity contribution in [1.82, 2.24) is 15.3 Å². The van der Waals surface area contributed by atoms with E-state index in [0.29, 0.717) is 17.2 Å². The summed E-state index contributed by atoms with van der Waals surface area (Å²) in [6.07, 6.45) is 7.32. The summed E-state index contributed by atoms with van der Waals surface area (Å²) in [5.41, 5.74) is 2.68. The maximum absolute atomic E-state index is 12.9. The summed E-state index contributed by atoms with van der Waals surface area (Å²) >= 11 is 0. The smallest absolute Gasteiger partial charge is 0.270 e. The molecule has 0 spiro atoms. The molecule has 1 aromatic heterocycles. The third kappa shape index (κ3) is 5.36. The molecule has 2 aromatic carbocycles. The second kappa shape index (κ2) is 10.1. The molecule has 6 nitrogen and oxygen atoms in total. The molecule has 3 aromatic rings. The standard InChI is InChI=1S/C26H29N4O2Si/c1-4-24(31)29-22-7-5-6-17-8-9-18(16-21(17)22)25-27-15-14-23(30-25)26(32)28-19-10-12-20(13-11-19)33(2)3/h4-9,14-16,19-20H,1,10-13H2,2-3H3,(H,28,32)(H,29,31). The van der Waals surface area contributed by atoms with E-state index in [1.807, 2.05) is 36.4 Å². The molecule has 2 N–H and O–H groups in total. The zero-order valence-corrected chi connectivity index (χ0v) is 20.1. The number of hydrogen-bond acceptors (Lipinski definition) is 4. The van der Waals surface area contributed by atoms with Crippen molar-refractivity contribution >= 4 is 37.1 Å². The van der Waals surface area contributed by atoms with Gasteiger partial charge in [0.05, 0.1) is 0 Å². The first kappa shape index (κ1) is 22.9. The largest absolute Gasteiger partial charge is 0.348 e. The minimum Gasteiger partial charge on any atom is -0.348 e. The molecular formula is C26H29N4O2Si. The molecule has 0 unspecified atom stereocenters. The van der Waals surface area contributed by atoms with Gasteiger partial charge in [0.2, 0.25) is 5.91 Å². The van der Waals surface area contributed by atoms with Crippen LogP contribution < -0.4 is 10.6 Å². The predicted molar refractivity (Wildman–Crippen MR) is 135 cm³/mol. The zero-order chi connectivity index (χ0) is 23.4. The average molecular weight is 458 g/mol. The molecule has 2 amide bonds. The van der Waals surface area contributed by atoms with Gasteiger partial charge in [0.15, 0.2) is 5.82 Å². The molecule has 1 aliphatic carbocycles. The average Bonchev–Trinajstić information content (AvgIpc) is 2.84. The highest BCUT2D eigenvalue weighted by atomic mass is 28.3. The Morgan fingerprint density at radius 1 is 1.09 bits per heavy atom. The fourth-order valence-electron chi connectivity index (χ4n) is 4.40. The summed E-state index contributed by atoms with van der Waals surface area (Å²) in [6.45, 7) is 8.26. The van der Waals surface area contributed by atoms with Crippen LogP contribution in [0.4, 0.5) is 5.69 Å². The van der Waals surface area contributed by atoms with E-state index in [4.69, 9.17) is 0 Å². The van der Waals surface area contributed by atoms with E-state index >= 15 is 0 Å². The Morgan fingerprint density at radius 3 is 2.61 bits per heavy atom. The zero-order valence-electron chi connectivity index (χ0n) is 19.1. The second-order valence-corrected chi connectivity index (χ2v) is 11.8. The van der Waals surface area contributed by atoms with E-state index in [1.165, 1.54) is 18.9 Å². The van der Waals surface area contributed by atoms with Gasteiger partial charge < -0.3 is 10.6 Å². The van der Waals surface area contributed by atoms with Gasteiger partial charge in [-0.05, 0) is 48.0 Å². The lowest BCUT2D eigenvalue weighted by atomic mass is 9.94. The van der Waals surface area contributed by atoms with Crippen LogP contribution in [0.3, 0.4) is 0 Å². The second-order valence-electron chi connectivity index (χ2n) is 8.80. The Hall–Kier alpha value is -3.32. The van der Waals surface area contributed by atoms with Crippen LogP contribution in [-0.4, -0.2) is 36.6 Å². The summed E-state index contributed by atoms with van der Waals surface area (Å²) < 4.78 is 0. The number of nitrogens with one attached hydrogen (secondary N) is 2. The van der Waals surface area contributed by atoms with Crippen molar-refractivity contribution in [2.45, 2.75) is 50.4 Å². The molecule has 169 valence electrons. The van der Waals surface area contributed by atoms with Crippen LogP contribution in [0, 0.1) is 0 Å². The molecule has 1 fully saturated rings. The molecule has 1 heterocycles. The number of hydrogen-bond donors (Lipinski definition) is 2. The number of benzene rings is 2. The number of aromatic nitrogens is 2. The quantitative estimate of drug-likeness (QED) is 0.393. The maximum Gasteiger partial charge on any atom is 0.270 e. The van der Waals surface area contributed by atoms with E-state index < -0.39 is 0 Å². The number of amides is 2. The van der Waals surface area contributed by atoms with Gasteiger partial charge in [-0.1, -0.05) is 56.8 Å². The predicted octanol–water partition coefficient (Wildman–Crippen LogP) is 5.22. The van der Waals surface area contributed by atoms with Crippen molar-refractivity contribution in [2.24, 2.45) is 0 Å². The monoisotopic (exact) mass is 457 g/mol. The Kier molecular flexibility index (Phi) is 6.98. The maximum atomic E-state index is 12.9. The Morgan fingerprint density at radius 2 is 1.88 bits per heavy atom. The Labute approximate surface area is 196 Å². The van der Waals surface area contributed by atoms with Gasteiger partial charge in [-0.3, -0.25) is 9.59 Å². The fraction of sp³-hybridized carbons (Fsp3) is 0.308. The molecule has 33 heavy (non-hydrogen) atoms. The first-order chi connectivity index (χ1) is 15.9. The molecular weight excluding hydrogens is 428 g/mol.